The van der Waals surface area contributed by atoms with Gasteiger partial charge in [0.05, 0.1) is 7.11 Å². The van der Waals surface area contributed by atoms with Gasteiger partial charge in [0, 0.05) is 63.3 Å². The number of urea groups is 1. The molecule has 2 aliphatic rings. The van der Waals surface area contributed by atoms with Gasteiger partial charge in [0.15, 0.2) is 0 Å². The number of carbonyl (C=O) groups excluding carboxylic acids is 3. The van der Waals surface area contributed by atoms with Crippen molar-refractivity contribution in [2.75, 3.05) is 44.7 Å². The Labute approximate surface area is 177 Å². The number of anilines is 1. The highest BCUT2D eigenvalue weighted by molar-refractivity contribution is 5.80. The Balaban J connectivity index is 1.43. The molecular weight excluding hydrogens is 386 g/mol. The summed E-state index contributed by atoms with van der Waals surface area (Å²) in [6.45, 7) is 4.41. The Hall–Kier alpha value is -2.84. The van der Waals surface area contributed by atoms with Gasteiger partial charge in [-0.05, 0) is 37.8 Å². The number of esters is 1. The van der Waals surface area contributed by atoms with E-state index < -0.39 is 5.97 Å². The molecule has 0 unspecified atom stereocenters. The summed E-state index contributed by atoms with van der Waals surface area (Å²) in [5, 5.41) is 3.15. The van der Waals surface area contributed by atoms with Crippen LogP contribution in [0.5, 0.6) is 0 Å². The highest BCUT2D eigenvalue weighted by Crippen LogP contribution is 2.24. The van der Waals surface area contributed by atoms with E-state index >= 15 is 0 Å². The van der Waals surface area contributed by atoms with Crippen LogP contribution in [-0.2, 0) is 14.3 Å². The average Bonchev–Trinajstić information content (AvgIpc) is 2.78. The molecule has 1 saturated carbocycles. The molecule has 3 amide bonds. The molecule has 30 heavy (non-hydrogen) atoms. The summed E-state index contributed by atoms with van der Waals surface area (Å²) in [5.74, 6) is -0.536. The molecule has 9 nitrogen and oxygen atoms in total. The number of nitrogens with one attached hydrogen (secondary N) is 1. The van der Waals surface area contributed by atoms with Crippen molar-refractivity contribution in [2.45, 2.75) is 44.7 Å². The molecule has 0 bridgehead atoms. The summed E-state index contributed by atoms with van der Waals surface area (Å²) in [6, 6.07) is 4.06. The number of pyridine rings is 1. The van der Waals surface area contributed by atoms with E-state index in [1.807, 2.05) is 17.0 Å². The fourth-order valence-electron chi connectivity index (χ4n) is 4.22. The fraction of sp³-hybridized carbons (Fsp3) is 0.619. The first-order valence-corrected chi connectivity index (χ1v) is 10.5. The number of hydrogen-bond acceptors (Lipinski definition) is 6. The smallest absolute Gasteiger partial charge is 0.325 e. The quantitative estimate of drug-likeness (QED) is 0.725. The van der Waals surface area contributed by atoms with Crippen molar-refractivity contribution in [3.05, 3.63) is 24.5 Å². The molecule has 1 N–H and O–H groups in total. The van der Waals surface area contributed by atoms with Crippen molar-refractivity contribution < 1.29 is 19.1 Å². The van der Waals surface area contributed by atoms with E-state index in [1.165, 1.54) is 14.0 Å². The topological polar surface area (TPSA) is 95.1 Å². The monoisotopic (exact) mass is 417 g/mol. The second-order valence-electron chi connectivity index (χ2n) is 7.86. The maximum Gasteiger partial charge on any atom is 0.325 e. The summed E-state index contributed by atoms with van der Waals surface area (Å²) in [4.78, 5) is 45.9. The first-order chi connectivity index (χ1) is 14.5. The molecule has 9 heteroatoms. The molecule has 1 saturated heterocycles. The van der Waals surface area contributed by atoms with E-state index in [9.17, 15) is 14.4 Å². The van der Waals surface area contributed by atoms with E-state index in [-0.39, 0.29) is 30.6 Å². The molecule has 0 atom stereocenters. The minimum Gasteiger partial charge on any atom is -0.468 e. The third-order valence-electron chi connectivity index (χ3n) is 5.99. The third kappa shape index (κ3) is 5.61. The average molecular weight is 418 g/mol. The second kappa shape index (κ2) is 10.3. The van der Waals surface area contributed by atoms with Gasteiger partial charge in [-0.3, -0.25) is 14.6 Å². The van der Waals surface area contributed by atoms with Crippen LogP contribution in [0.3, 0.4) is 0 Å². The molecular formula is C21H31N5O4. The lowest BCUT2D eigenvalue weighted by Gasteiger charge is -2.38. The predicted molar refractivity (Wildman–Crippen MR) is 112 cm³/mol. The Morgan fingerprint density at radius 1 is 1.10 bits per heavy atom. The molecule has 2 heterocycles. The van der Waals surface area contributed by atoms with E-state index in [0.29, 0.717) is 13.1 Å². The molecule has 1 aliphatic heterocycles. The zero-order chi connectivity index (χ0) is 21.5. The molecule has 2 fully saturated rings. The van der Waals surface area contributed by atoms with Gasteiger partial charge in [-0.2, -0.15) is 0 Å². The summed E-state index contributed by atoms with van der Waals surface area (Å²) >= 11 is 0. The van der Waals surface area contributed by atoms with Crippen LogP contribution in [0.4, 0.5) is 10.5 Å². The minimum absolute atomic E-state index is 0.0126. The van der Waals surface area contributed by atoms with Gasteiger partial charge in [-0.1, -0.05) is 0 Å². The first-order valence-electron chi connectivity index (χ1n) is 10.5. The Morgan fingerprint density at radius 2 is 1.73 bits per heavy atom. The molecule has 0 aromatic carbocycles. The number of amides is 3. The largest absolute Gasteiger partial charge is 0.468 e. The van der Waals surface area contributed by atoms with Crippen molar-refractivity contribution in [2.24, 2.45) is 0 Å². The molecule has 0 radical (unpaired) electrons. The van der Waals surface area contributed by atoms with Gasteiger partial charge >= 0.3 is 12.0 Å². The van der Waals surface area contributed by atoms with Crippen LogP contribution in [0.1, 0.15) is 32.6 Å². The van der Waals surface area contributed by atoms with E-state index in [2.05, 4.69) is 15.2 Å². The van der Waals surface area contributed by atoms with Crippen LogP contribution in [0, 0.1) is 0 Å². The Morgan fingerprint density at radius 3 is 2.30 bits per heavy atom. The number of hydrogen-bond donors (Lipinski definition) is 1. The molecule has 3 rings (SSSR count). The van der Waals surface area contributed by atoms with Crippen LogP contribution in [0.15, 0.2) is 24.5 Å². The van der Waals surface area contributed by atoms with Gasteiger partial charge in [0.25, 0.3) is 0 Å². The highest BCUT2D eigenvalue weighted by Gasteiger charge is 2.30. The maximum absolute atomic E-state index is 12.7. The van der Waals surface area contributed by atoms with Gasteiger partial charge in [0.1, 0.15) is 6.54 Å². The number of ether oxygens (including phenoxy) is 1. The van der Waals surface area contributed by atoms with Gasteiger partial charge in [0.2, 0.25) is 5.91 Å². The summed E-state index contributed by atoms with van der Waals surface area (Å²) in [5.41, 5.74) is 1.13. The Kier molecular flexibility index (Phi) is 7.48. The van der Waals surface area contributed by atoms with Crippen LogP contribution >= 0.6 is 0 Å². The fourth-order valence-corrected chi connectivity index (χ4v) is 4.22. The van der Waals surface area contributed by atoms with Crippen LogP contribution in [0.25, 0.3) is 0 Å². The second-order valence-corrected chi connectivity index (χ2v) is 7.86. The highest BCUT2D eigenvalue weighted by atomic mass is 16.5. The minimum atomic E-state index is -0.411. The molecule has 164 valence electrons. The van der Waals surface area contributed by atoms with E-state index in [4.69, 9.17) is 4.74 Å². The number of aromatic nitrogens is 1. The maximum atomic E-state index is 12.7. The molecule has 1 aromatic rings. The van der Waals surface area contributed by atoms with Gasteiger partial charge in [-0.25, -0.2) is 4.79 Å². The lowest BCUT2D eigenvalue weighted by molar-refractivity contribution is -0.148. The number of carbonyl (C=O) groups is 3. The Bertz CT molecular complexity index is 728. The van der Waals surface area contributed by atoms with Crippen molar-refractivity contribution in [3.63, 3.8) is 0 Å². The zero-order valence-corrected chi connectivity index (χ0v) is 17.7. The van der Waals surface area contributed by atoms with Crippen LogP contribution in [-0.4, -0.2) is 84.6 Å². The molecule has 0 spiro atoms. The number of rotatable bonds is 5. The van der Waals surface area contributed by atoms with E-state index in [1.54, 1.807) is 17.3 Å². The predicted octanol–water partition coefficient (Wildman–Crippen LogP) is 1.25. The molecule has 1 aromatic heterocycles. The number of methoxy groups -OCH3 is 1. The van der Waals surface area contributed by atoms with Gasteiger partial charge in [-0.15, -0.1) is 0 Å². The van der Waals surface area contributed by atoms with Crippen LogP contribution < -0.4 is 10.2 Å². The molecule has 1 aliphatic carbocycles. The zero-order valence-electron chi connectivity index (χ0n) is 17.7. The van der Waals surface area contributed by atoms with Crippen molar-refractivity contribution in [1.29, 1.82) is 0 Å². The summed E-state index contributed by atoms with van der Waals surface area (Å²) < 4.78 is 4.70. The number of nitrogens with zero attached hydrogens (tertiary/aromatic N) is 4. The standard InChI is InChI=1S/C21H31N5O4/c1-16(27)26(15-20(28)30-2)19-5-3-17(4-6-19)23-21(29)25-13-11-24(12-14-25)18-7-9-22-10-8-18/h7-10,17,19H,3-6,11-15H2,1-2H3,(H,23,29). The lowest BCUT2D eigenvalue weighted by Crippen LogP contribution is -2.54. The third-order valence-corrected chi connectivity index (χ3v) is 5.99. The normalized spacial score (nSPS) is 21.7. The van der Waals surface area contributed by atoms with Crippen LogP contribution in [0.2, 0.25) is 0 Å². The lowest BCUT2D eigenvalue weighted by atomic mass is 9.90. The van der Waals surface area contributed by atoms with E-state index in [0.717, 1.165) is 44.5 Å². The van der Waals surface area contributed by atoms with Crippen molar-refractivity contribution in [1.82, 2.24) is 20.1 Å². The van der Waals surface area contributed by atoms with Crippen molar-refractivity contribution in [3.8, 4) is 0 Å². The SMILES string of the molecule is COC(=O)CN(C(C)=O)C1CCC(NC(=O)N2CCN(c3ccncc3)CC2)CC1. The summed E-state index contributed by atoms with van der Waals surface area (Å²) in [7, 11) is 1.32. The first kappa shape index (κ1) is 21.9. The number of piperazine rings is 1. The van der Waals surface area contributed by atoms with Crippen molar-refractivity contribution >= 4 is 23.6 Å². The summed E-state index contributed by atoms with van der Waals surface area (Å²) in [6.07, 6.45) is 6.66. The van der Waals surface area contributed by atoms with Gasteiger partial charge < -0.3 is 24.8 Å².